The standard InChI is InChI=1S/C31H31NO5/c1-30(2,3)37-29(34)32-31(17-8-18-31)22-13-11-20(12-14-22)26-27(33)24-19-23(35-4)15-16-25(24)36-28(26)21-9-6-5-7-10-21/h5-7,9-16,19H,8,17-18H2,1-4H3,(H,32,34). The second kappa shape index (κ2) is 9.43. The zero-order valence-electron chi connectivity index (χ0n) is 21.6. The molecule has 1 saturated carbocycles. The largest absolute Gasteiger partial charge is 0.497 e. The quantitative estimate of drug-likeness (QED) is 0.320. The van der Waals surface area contributed by atoms with Crippen molar-refractivity contribution in [2.75, 3.05) is 7.11 Å². The minimum absolute atomic E-state index is 0.128. The first-order chi connectivity index (χ1) is 17.7. The number of carbonyl (C=O) groups excluding carboxylic acids is 1. The highest BCUT2D eigenvalue weighted by Gasteiger charge is 2.41. The van der Waals surface area contributed by atoms with E-state index in [0.717, 1.165) is 36.0 Å². The molecule has 1 fully saturated rings. The Kier molecular flexibility index (Phi) is 6.28. The summed E-state index contributed by atoms with van der Waals surface area (Å²) in [6, 6.07) is 22.7. The summed E-state index contributed by atoms with van der Waals surface area (Å²) in [7, 11) is 1.57. The number of nitrogens with one attached hydrogen (secondary N) is 1. The number of ether oxygens (including phenoxy) is 2. The SMILES string of the molecule is COc1ccc2oc(-c3ccccc3)c(-c3ccc(C4(NC(=O)OC(C)(C)C)CCC4)cc3)c(=O)c2c1. The number of hydrogen-bond donors (Lipinski definition) is 1. The molecular formula is C31H31NO5. The van der Waals surface area contributed by atoms with E-state index in [4.69, 9.17) is 13.9 Å². The number of amides is 1. The Labute approximate surface area is 216 Å². The minimum Gasteiger partial charge on any atom is -0.497 e. The van der Waals surface area contributed by atoms with Gasteiger partial charge in [-0.1, -0.05) is 54.6 Å². The van der Waals surface area contributed by atoms with E-state index in [0.29, 0.717) is 28.0 Å². The maximum atomic E-state index is 13.8. The van der Waals surface area contributed by atoms with Crippen LogP contribution in [0.5, 0.6) is 5.75 Å². The number of benzene rings is 3. The molecule has 1 N–H and O–H groups in total. The third-order valence-electron chi connectivity index (χ3n) is 6.81. The van der Waals surface area contributed by atoms with Crippen LogP contribution >= 0.6 is 0 Å². The summed E-state index contributed by atoms with van der Waals surface area (Å²) in [6.07, 6.45) is 2.26. The molecule has 0 bridgehead atoms. The van der Waals surface area contributed by atoms with Gasteiger partial charge in [0.25, 0.3) is 0 Å². The van der Waals surface area contributed by atoms with Crippen LogP contribution in [0.25, 0.3) is 33.4 Å². The fourth-order valence-corrected chi connectivity index (χ4v) is 4.83. The Balaban J connectivity index is 1.58. The van der Waals surface area contributed by atoms with Gasteiger partial charge in [0.15, 0.2) is 0 Å². The predicted molar refractivity (Wildman–Crippen MR) is 145 cm³/mol. The first-order valence-corrected chi connectivity index (χ1v) is 12.5. The van der Waals surface area contributed by atoms with Crippen molar-refractivity contribution in [2.45, 2.75) is 51.2 Å². The van der Waals surface area contributed by atoms with Crippen molar-refractivity contribution in [3.8, 4) is 28.2 Å². The molecule has 0 unspecified atom stereocenters. The van der Waals surface area contributed by atoms with E-state index in [-0.39, 0.29) is 5.43 Å². The molecule has 5 rings (SSSR count). The van der Waals surface area contributed by atoms with Crippen LogP contribution < -0.4 is 15.5 Å². The van der Waals surface area contributed by atoms with Gasteiger partial charge in [-0.05, 0) is 69.4 Å². The molecule has 37 heavy (non-hydrogen) atoms. The van der Waals surface area contributed by atoms with Crippen molar-refractivity contribution in [3.05, 3.63) is 88.6 Å². The Morgan fingerprint density at radius 1 is 0.946 bits per heavy atom. The smallest absolute Gasteiger partial charge is 0.408 e. The maximum absolute atomic E-state index is 13.8. The molecule has 1 aromatic heterocycles. The molecule has 1 aliphatic rings. The van der Waals surface area contributed by atoms with Crippen LogP contribution in [0.15, 0.2) is 82.0 Å². The molecule has 1 amide bonds. The van der Waals surface area contributed by atoms with Gasteiger partial charge >= 0.3 is 6.09 Å². The highest BCUT2D eigenvalue weighted by atomic mass is 16.6. The number of hydrogen-bond acceptors (Lipinski definition) is 5. The molecule has 6 heteroatoms. The molecule has 0 atom stereocenters. The monoisotopic (exact) mass is 497 g/mol. The lowest BCUT2D eigenvalue weighted by Crippen LogP contribution is -2.52. The van der Waals surface area contributed by atoms with Crippen LogP contribution in [-0.2, 0) is 10.3 Å². The summed E-state index contributed by atoms with van der Waals surface area (Å²) >= 11 is 0. The summed E-state index contributed by atoms with van der Waals surface area (Å²) < 4.78 is 17.2. The Hall–Kier alpha value is -4.06. The topological polar surface area (TPSA) is 77.8 Å². The molecule has 0 radical (unpaired) electrons. The molecule has 190 valence electrons. The van der Waals surface area contributed by atoms with Gasteiger partial charge in [0.2, 0.25) is 5.43 Å². The average Bonchev–Trinajstić information content (AvgIpc) is 2.85. The van der Waals surface area contributed by atoms with Gasteiger partial charge in [0.1, 0.15) is 22.7 Å². The van der Waals surface area contributed by atoms with Gasteiger partial charge in [0.05, 0.1) is 23.6 Å². The second-order valence-electron chi connectivity index (χ2n) is 10.5. The average molecular weight is 498 g/mol. The van der Waals surface area contributed by atoms with E-state index in [1.54, 1.807) is 25.3 Å². The van der Waals surface area contributed by atoms with Crippen LogP contribution in [0.2, 0.25) is 0 Å². The third-order valence-corrected chi connectivity index (χ3v) is 6.81. The first kappa shape index (κ1) is 24.6. The van der Waals surface area contributed by atoms with Crippen molar-refractivity contribution in [1.29, 1.82) is 0 Å². The van der Waals surface area contributed by atoms with E-state index in [1.807, 2.05) is 75.4 Å². The summed E-state index contributed by atoms with van der Waals surface area (Å²) in [5, 5.41) is 3.55. The van der Waals surface area contributed by atoms with Crippen LogP contribution in [0.4, 0.5) is 4.79 Å². The first-order valence-electron chi connectivity index (χ1n) is 12.5. The van der Waals surface area contributed by atoms with Gasteiger partial charge < -0.3 is 19.2 Å². The normalized spacial score (nSPS) is 14.6. The maximum Gasteiger partial charge on any atom is 0.408 e. The van der Waals surface area contributed by atoms with Crippen LogP contribution in [-0.4, -0.2) is 18.8 Å². The van der Waals surface area contributed by atoms with E-state index in [2.05, 4.69) is 5.32 Å². The van der Waals surface area contributed by atoms with E-state index in [1.165, 1.54) is 0 Å². The van der Waals surface area contributed by atoms with Gasteiger partial charge in [-0.25, -0.2) is 4.79 Å². The molecule has 0 spiro atoms. The molecule has 6 nitrogen and oxygen atoms in total. The van der Waals surface area contributed by atoms with Crippen molar-refractivity contribution >= 4 is 17.1 Å². The predicted octanol–water partition coefficient (Wildman–Crippen LogP) is 7.04. The highest BCUT2D eigenvalue weighted by Crippen LogP contribution is 2.42. The van der Waals surface area contributed by atoms with Crippen LogP contribution in [0, 0.1) is 0 Å². The Bertz CT molecular complexity index is 1490. The zero-order valence-corrected chi connectivity index (χ0v) is 21.6. The van der Waals surface area contributed by atoms with Crippen molar-refractivity contribution in [3.63, 3.8) is 0 Å². The summed E-state index contributed by atoms with van der Waals surface area (Å²) in [5.74, 6) is 1.11. The van der Waals surface area contributed by atoms with Crippen molar-refractivity contribution in [1.82, 2.24) is 5.32 Å². The lowest BCUT2D eigenvalue weighted by Gasteiger charge is -2.43. The van der Waals surface area contributed by atoms with Gasteiger partial charge in [-0.2, -0.15) is 0 Å². The lowest BCUT2D eigenvalue weighted by atomic mass is 9.71. The third kappa shape index (κ3) is 4.84. The van der Waals surface area contributed by atoms with E-state index in [9.17, 15) is 9.59 Å². The molecule has 4 aromatic rings. The second-order valence-corrected chi connectivity index (χ2v) is 10.5. The lowest BCUT2D eigenvalue weighted by molar-refractivity contribution is 0.0377. The molecule has 0 aliphatic heterocycles. The molecule has 3 aromatic carbocycles. The fourth-order valence-electron chi connectivity index (χ4n) is 4.83. The fraction of sp³-hybridized carbons (Fsp3) is 0.290. The number of rotatable bonds is 5. The van der Waals surface area contributed by atoms with E-state index < -0.39 is 17.2 Å². The molecule has 1 heterocycles. The van der Waals surface area contributed by atoms with Gasteiger partial charge in [0, 0.05) is 5.56 Å². The molecule has 0 saturated heterocycles. The van der Waals surface area contributed by atoms with Gasteiger partial charge in [-0.15, -0.1) is 0 Å². The summed E-state index contributed by atoms with van der Waals surface area (Å²) in [5.41, 5.74) is 2.37. The van der Waals surface area contributed by atoms with Crippen LogP contribution in [0.1, 0.15) is 45.6 Å². The number of carbonyl (C=O) groups is 1. The number of alkyl carbamates (subject to hydrolysis) is 1. The Morgan fingerprint density at radius 3 is 2.24 bits per heavy atom. The van der Waals surface area contributed by atoms with E-state index >= 15 is 0 Å². The Morgan fingerprint density at radius 2 is 1.65 bits per heavy atom. The van der Waals surface area contributed by atoms with Crippen LogP contribution in [0.3, 0.4) is 0 Å². The molecular weight excluding hydrogens is 466 g/mol. The summed E-state index contributed by atoms with van der Waals surface area (Å²) in [6.45, 7) is 5.55. The van der Waals surface area contributed by atoms with Gasteiger partial charge in [-0.3, -0.25) is 4.79 Å². The minimum atomic E-state index is -0.570. The van der Waals surface area contributed by atoms with Crippen molar-refractivity contribution in [2.24, 2.45) is 0 Å². The number of fused-ring (bicyclic) bond motifs is 1. The summed E-state index contributed by atoms with van der Waals surface area (Å²) in [4.78, 5) is 26.4. The zero-order chi connectivity index (χ0) is 26.2. The highest BCUT2D eigenvalue weighted by molar-refractivity contribution is 5.89. The number of methoxy groups -OCH3 is 1. The molecule has 1 aliphatic carbocycles. The van der Waals surface area contributed by atoms with Crippen molar-refractivity contribution < 1.29 is 18.7 Å².